The van der Waals surface area contributed by atoms with Gasteiger partial charge in [-0.1, -0.05) is 39.3 Å². The molecule has 4 aliphatic carbocycles. The largest absolute Gasteiger partial charge is 0.393 e. The van der Waals surface area contributed by atoms with Gasteiger partial charge in [0.2, 0.25) is 0 Å². The normalized spacial score (nSPS) is 59.8. The average Bonchev–Trinajstić information content (AvgIpc) is 3.16. The Labute approximate surface area is 183 Å². The zero-order valence-electron chi connectivity index (χ0n) is 19.6. The molecule has 6 aliphatic rings. The van der Waals surface area contributed by atoms with Gasteiger partial charge in [-0.2, -0.15) is 0 Å². The molecule has 1 spiro atoms. The number of hydrogen-bond acceptors (Lipinski definition) is 3. The maximum atomic E-state index is 10.3. The zero-order chi connectivity index (χ0) is 20.9. The van der Waals surface area contributed by atoms with E-state index in [0.717, 1.165) is 49.0 Å². The first-order valence-corrected chi connectivity index (χ1v) is 13.1. The molecule has 2 saturated heterocycles. The van der Waals surface area contributed by atoms with Gasteiger partial charge in [-0.3, -0.25) is 5.32 Å². The number of aliphatic hydroxyl groups excluding tert-OH is 1. The Morgan fingerprint density at radius 3 is 2.67 bits per heavy atom. The van der Waals surface area contributed by atoms with Crippen molar-refractivity contribution in [2.24, 2.45) is 46.3 Å². The van der Waals surface area contributed by atoms with Crippen molar-refractivity contribution in [2.75, 3.05) is 6.54 Å². The van der Waals surface area contributed by atoms with E-state index < -0.39 is 0 Å². The van der Waals surface area contributed by atoms with Crippen molar-refractivity contribution in [1.29, 1.82) is 0 Å². The Balaban J connectivity index is 1.28. The third-order valence-corrected chi connectivity index (χ3v) is 11.6. The van der Waals surface area contributed by atoms with Gasteiger partial charge in [0.1, 0.15) is 5.72 Å². The van der Waals surface area contributed by atoms with E-state index in [0.29, 0.717) is 22.9 Å². The second-order valence-electron chi connectivity index (χ2n) is 12.8. The summed E-state index contributed by atoms with van der Waals surface area (Å²) in [5.41, 5.74) is 2.33. The van der Waals surface area contributed by atoms with Gasteiger partial charge >= 0.3 is 0 Å². The van der Waals surface area contributed by atoms with E-state index in [1.807, 2.05) is 0 Å². The van der Waals surface area contributed by atoms with E-state index in [4.69, 9.17) is 4.74 Å². The van der Waals surface area contributed by atoms with Gasteiger partial charge in [-0.05, 0) is 98.2 Å². The molecular weight excluding hydrogens is 370 g/mol. The van der Waals surface area contributed by atoms with Crippen molar-refractivity contribution in [3.8, 4) is 0 Å². The van der Waals surface area contributed by atoms with Crippen LogP contribution >= 0.6 is 0 Å². The lowest BCUT2D eigenvalue weighted by Gasteiger charge is -2.58. The summed E-state index contributed by atoms with van der Waals surface area (Å²) < 4.78 is 7.00. The Kier molecular flexibility index (Phi) is 4.44. The number of piperidine rings is 1. The quantitative estimate of drug-likeness (QED) is 0.530. The van der Waals surface area contributed by atoms with E-state index >= 15 is 0 Å². The zero-order valence-corrected chi connectivity index (χ0v) is 19.6. The molecule has 0 radical (unpaired) electrons. The first-order valence-electron chi connectivity index (χ1n) is 13.1. The summed E-state index contributed by atoms with van der Waals surface area (Å²) in [6.07, 6.45) is 13.8. The number of aliphatic hydroxyl groups is 1. The van der Waals surface area contributed by atoms with Crippen LogP contribution in [0.1, 0.15) is 85.5 Å². The van der Waals surface area contributed by atoms with Gasteiger partial charge in [0, 0.05) is 12.5 Å². The van der Waals surface area contributed by atoms with E-state index in [-0.39, 0.29) is 11.8 Å². The summed E-state index contributed by atoms with van der Waals surface area (Å²) in [5.74, 6) is 4.58. The van der Waals surface area contributed by atoms with Crippen LogP contribution in [0.4, 0.5) is 0 Å². The highest BCUT2D eigenvalue weighted by Gasteiger charge is 2.68. The molecule has 0 unspecified atom stereocenters. The standard InChI is InChI=1S/C27H43NO2/c1-16-7-12-27(28-15-16)17(2)24-23(30-27)14-22-20-6-5-18-13-19(29)8-10-25(18,3)21(20)9-11-26(22,24)4/h5,16-17,19-24,28-29H,6-15H2,1-4H3/t16-,17-,19+,20+,21-,22-,23-,24-,25-,26-,27+/m0/s1. The van der Waals surface area contributed by atoms with Crippen LogP contribution in [-0.2, 0) is 4.74 Å². The SMILES string of the molecule is C[C@H]1CC[C@@]2(NC1)O[C@H]1C[C@H]3[C@@H]4CC=C5C[C@H](O)CC[C@]5(C)[C@H]4CC[C@]3(C)[C@H]1[C@@H]2C. The summed E-state index contributed by atoms with van der Waals surface area (Å²) >= 11 is 0. The molecule has 6 rings (SSSR count). The molecule has 2 N–H and O–H groups in total. The fraction of sp³-hybridized carbons (Fsp3) is 0.926. The van der Waals surface area contributed by atoms with Gasteiger partial charge in [0.25, 0.3) is 0 Å². The minimum Gasteiger partial charge on any atom is -0.393 e. The highest BCUT2D eigenvalue weighted by molar-refractivity contribution is 5.26. The number of nitrogens with one attached hydrogen (secondary N) is 1. The molecule has 30 heavy (non-hydrogen) atoms. The van der Waals surface area contributed by atoms with E-state index in [9.17, 15) is 5.11 Å². The van der Waals surface area contributed by atoms with Crippen molar-refractivity contribution < 1.29 is 9.84 Å². The molecule has 2 aliphatic heterocycles. The summed E-state index contributed by atoms with van der Waals surface area (Å²) in [6, 6.07) is 0. The van der Waals surface area contributed by atoms with Crippen LogP contribution in [0.15, 0.2) is 11.6 Å². The lowest BCUT2D eigenvalue weighted by molar-refractivity contribution is -0.115. The monoisotopic (exact) mass is 413 g/mol. The molecule has 168 valence electrons. The van der Waals surface area contributed by atoms with E-state index in [1.54, 1.807) is 5.57 Å². The first kappa shape index (κ1) is 20.2. The van der Waals surface area contributed by atoms with E-state index in [1.165, 1.54) is 44.9 Å². The topological polar surface area (TPSA) is 41.5 Å². The van der Waals surface area contributed by atoms with Crippen LogP contribution in [0.2, 0.25) is 0 Å². The third-order valence-electron chi connectivity index (χ3n) is 11.6. The summed E-state index contributed by atoms with van der Waals surface area (Å²) in [4.78, 5) is 0. The molecule has 3 saturated carbocycles. The molecule has 11 atom stereocenters. The van der Waals surface area contributed by atoms with Gasteiger partial charge in [-0.15, -0.1) is 0 Å². The molecule has 5 fully saturated rings. The fourth-order valence-electron chi connectivity index (χ4n) is 9.84. The van der Waals surface area contributed by atoms with Crippen LogP contribution < -0.4 is 5.32 Å². The van der Waals surface area contributed by atoms with Crippen molar-refractivity contribution in [2.45, 2.75) is 103 Å². The smallest absolute Gasteiger partial charge is 0.122 e. The number of rotatable bonds is 0. The van der Waals surface area contributed by atoms with Crippen LogP contribution in [0.3, 0.4) is 0 Å². The van der Waals surface area contributed by atoms with Crippen LogP contribution in [-0.4, -0.2) is 29.6 Å². The first-order chi connectivity index (χ1) is 14.3. The number of ether oxygens (including phenoxy) is 1. The van der Waals surface area contributed by atoms with Crippen molar-refractivity contribution in [3.05, 3.63) is 11.6 Å². The second-order valence-corrected chi connectivity index (χ2v) is 12.8. The third kappa shape index (κ3) is 2.55. The summed E-state index contributed by atoms with van der Waals surface area (Å²) in [7, 11) is 0. The Hall–Kier alpha value is -0.380. The molecule has 0 aromatic rings. The lowest BCUT2D eigenvalue weighted by atomic mass is 9.47. The highest BCUT2D eigenvalue weighted by Crippen LogP contribution is 2.70. The number of hydrogen-bond donors (Lipinski definition) is 2. The van der Waals surface area contributed by atoms with Gasteiger partial charge in [0.15, 0.2) is 0 Å². The molecule has 0 amide bonds. The predicted molar refractivity (Wildman–Crippen MR) is 120 cm³/mol. The van der Waals surface area contributed by atoms with Gasteiger partial charge < -0.3 is 9.84 Å². The van der Waals surface area contributed by atoms with Crippen molar-refractivity contribution in [3.63, 3.8) is 0 Å². The Morgan fingerprint density at radius 2 is 1.90 bits per heavy atom. The molecule has 0 aromatic heterocycles. The number of fused-ring (bicyclic) bond motifs is 7. The van der Waals surface area contributed by atoms with Crippen LogP contribution in [0.25, 0.3) is 0 Å². The minimum atomic E-state index is -0.100. The Bertz CT molecular complexity index is 739. The van der Waals surface area contributed by atoms with Crippen LogP contribution in [0, 0.1) is 46.3 Å². The molecular formula is C27H43NO2. The highest BCUT2D eigenvalue weighted by atomic mass is 16.5. The number of allylic oxidation sites excluding steroid dienone is 1. The molecule has 2 heterocycles. The van der Waals surface area contributed by atoms with Gasteiger partial charge in [0.05, 0.1) is 12.2 Å². The minimum absolute atomic E-state index is 0.0439. The van der Waals surface area contributed by atoms with Crippen molar-refractivity contribution >= 4 is 0 Å². The molecule has 3 heteroatoms. The second kappa shape index (κ2) is 6.58. The summed E-state index contributed by atoms with van der Waals surface area (Å²) in [5, 5.41) is 14.1. The maximum Gasteiger partial charge on any atom is 0.122 e. The van der Waals surface area contributed by atoms with Crippen molar-refractivity contribution in [1.82, 2.24) is 5.32 Å². The average molecular weight is 414 g/mol. The summed E-state index contributed by atoms with van der Waals surface area (Å²) in [6.45, 7) is 11.2. The Morgan fingerprint density at radius 1 is 1.07 bits per heavy atom. The molecule has 0 aromatic carbocycles. The fourth-order valence-corrected chi connectivity index (χ4v) is 9.84. The maximum absolute atomic E-state index is 10.3. The molecule has 3 nitrogen and oxygen atoms in total. The molecule has 0 bridgehead atoms. The van der Waals surface area contributed by atoms with E-state index in [2.05, 4.69) is 39.1 Å². The predicted octanol–water partition coefficient (Wildman–Crippen LogP) is 5.29. The van der Waals surface area contributed by atoms with Crippen LogP contribution in [0.5, 0.6) is 0 Å². The lowest BCUT2D eigenvalue weighted by Crippen LogP contribution is -2.57. The van der Waals surface area contributed by atoms with Gasteiger partial charge in [-0.25, -0.2) is 0 Å².